The topological polar surface area (TPSA) is 9.23 Å². The van der Waals surface area contributed by atoms with E-state index in [2.05, 4.69) is 26.0 Å². The van der Waals surface area contributed by atoms with Gasteiger partial charge in [0, 0.05) is 0 Å². The molecule has 0 spiro atoms. The molecule has 0 unspecified atom stereocenters. The molecule has 4 rings (SSSR count). The Labute approximate surface area is 213 Å². The van der Waals surface area contributed by atoms with Gasteiger partial charge in [-0.15, -0.1) is 0 Å². The lowest BCUT2D eigenvalue weighted by Gasteiger charge is -2.29. The molecule has 0 amide bonds. The Kier molecular flexibility index (Phi) is 9.14. The van der Waals surface area contributed by atoms with Crippen LogP contribution in [0.4, 0.5) is 17.6 Å². The molecule has 2 fully saturated rings. The van der Waals surface area contributed by atoms with Crippen molar-refractivity contribution in [2.75, 3.05) is 6.61 Å². The van der Waals surface area contributed by atoms with Crippen molar-refractivity contribution in [3.63, 3.8) is 0 Å². The summed E-state index contributed by atoms with van der Waals surface area (Å²) in [5.74, 6) is -0.760. The normalized spacial score (nSPS) is 25.2. The first-order valence-electron chi connectivity index (χ1n) is 13.9. The molecule has 2 aromatic rings. The van der Waals surface area contributed by atoms with E-state index in [1.165, 1.54) is 37.3 Å². The summed E-state index contributed by atoms with van der Waals surface area (Å²) in [5, 5.41) is 0. The maximum Gasteiger partial charge on any atom is 0.386 e. The molecule has 198 valence electrons. The van der Waals surface area contributed by atoms with Gasteiger partial charge in [-0.1, -0.05) is 69.9 Å². The van der Waals surface area contributed by atoms with E-state index in [4.69, 9.17) is 4.74 Å². The molecule has 0 saturated heterocycles. The van der Waals surface area contributed by atoms with Crippen LogP contribution >= 0.6 is 0 Å². The average molecular weight is 505 g/mol. The number of alkyl halides is 2. The van der Waals surface area contributed by atoms with Crippen molar-refractivity contribution >= 4 is 0 Å². The lowest BCUT2D eigenvalue weighted by Crippen LogP contribution is -2.23. The number of hydrogen-bond donors (Lipinski definition) is 0. The number of halogens is 4. The molecule has 0 bridgehead atoms. The molecule has 0 atom stereocenters. The Bertz CT molecular complexity index is 971. The quantitative estimate of drug-likeness (QED) is 0.309. The van der Waals surface area contributed by atoms with Gasteiger partial charge in [0.25, 0.3) is 0 Å². The highest BCUT2D eigenvalue weighted by atomic mass is 19.3. The molecule has 0 heterocycles. The largest absolute Gasteiger partial charge is 0.386 e. The molecule has 2 aliphatic carbocycles. The standard InChI is InChI=1S/C31H40F4O/c1-3-4-22-9-15-26(16-10-22)27-17-18-28(30(33)29(27)32)31(34,35)36-20-19-23-7-13-25(14-8-23)24-11-5-21(2)6-12-24/h7-8,13-14,17-18,21-22,24,26H,3-6,9-12,15-16,19-20H2,1-2H3/t21-,22-,24-,26-. The third kappa shape index (κ3) is 6.51. The maximum absolute atomic E-state index is 14.9. The lowest BCUT2D eigenvalue weighted by atomic mass is 9.77. The SMILES string of the molecule is CCC[C@H]1CC[C@H](c2ccc(C(F)(F)OCCc3ccc([C@H]4CC[C@H](C)CC4)cc3)c(F)c2F)CC1. The molecule has 2 aliphatic rings. The van der Waals surface area contributed by atoms with Gasteiger partial charge in [-0.05, 0) is 91.4 Å². The molecular formula is C31H40F4O. The van der Waals surface area contributed by atoms with Crippen molar-refractivity contribution in [1.82, 2.24) is 0 Å². The van der Waals surface area contributed by atoms with Gasteiger partial charge in [0.15, 0.2) is 11.6 Å². The zero-order valence-corrected chi connectivity index (χ0v) is 21.7. The van der Waals surface area contributed by atoms with Crippen molar-refractivity contribution in [3.8, 4) is 0 Å². The minimum absolute atomic E-state index is 0.115. The maximum atomic E-state index is 14.9. The fourth-order valence-corrected chi connectivity index (χ4v) is 6.20. The number of benzene rings is 2. The highest BCUT2D eigenvalue weighted by Gasteiger charge is 2.38. The van der Waals surface area contributed by atoms with E-state index in [-0.39, 0.29) is 24.5 Å². The summed E-state index contributed by atoms with van der Waals surface area (Å²) in [6.07, 6.45) is 7.01. The number of ether oxygens (including phenoxy) is 1. The molecule has 0 aliphatic heterocycles. The third-order valence-electron chi connectivity index (χ3n) is 8.55. The highest BCUT2D eigenvalue weighted by Crippen LogP contribution is 2.41. The minimum Gasteiger partial charge on any atom is -0.316 e. The van der Waals surface area contributed by atoms with Crippen molar-refractivity contribution in [3.05, 3.63) is 70.3 Å². The summed E-state index contributed by atoms with van der Waals surface area (Å²) >= 11 is 0. The smallest absolute Gasteiger partial charge is 0.316 e. The second kappa shape index (κ2) is 12.1. The molecular weight excluding hydrogens is 464 g/mol. The van der Waals surface area contributed by atoms with E-state index in [1.807, 2.05) is 12.1 Å². The summed E-state index contributed by atoms with van der Waals surface area (Å²) in [4.78, 5) is 0. The minimum atomic E-state index is -3.89. The average Bonchev–Trinajstić information content (AvgIpc) is 2.87. The zero-order valence-electron chi connectivity index (χ0n) is 21.7. The lowest BCUT2D eigenvalue weighted by molar-refractivity contribution is -0.249. The van der Waals surface area contributed by atoms with Crippen molar-refractivity contribution in [2.24, 2.45) is 11.8 Å². The van der Waals surface area contributed by atoms with Crippen LogP contribution in [0.5, 0.6) is 0 Å². The first-order chi connectivity index (χ1) is 17.3. The Balaban J connectivity index is 1.32. The monoisotopic (exact) mass is 504 g/mol. The summed E-state index contributed by atoms with van der Waals surface area (Å²) in [6.45, 7) is 4.16. The van der Waals surface area contributed by atoms with Crippen LogP contribution in [-0.2, 0) is 17.3 Å². The number of hydrogen-bond acceptors (Lipinski definition) is 1. The first-order valence-corrected chi connectivity index (χ1v) is 13.9. The van der Waals surface area contributed by atoms with E-state index in [0.29, 0.717) is 11.8 Å². The van der Waals surface area contributed by atoms with E-state index >= 15 is 0 Å². The Morgan fingerprint density at radius 2 is 1.44 bits per heavy atom. The summed E-state index contributed by atoms with van der Waals surface area (Å²) in [7, 11) is 0. The van der Waals surface area contributed by atoms with Crippen LogP contribution in [0.25, 0.3) is 0 Å². The van der Waals surface area contributed by atoms with Crippen LogP contribution in [0.3, 0.4) is 0 Å². The van der Waals surface area contributed by atoms with Gasteiger partial charge in [0.2, 0.25) is 0 Å². The highest BCUT2D eigenvalue weighted by molar-refractivity contribution is 5.31. The Morgan fingerprint density at radius 1 is 0.806 bits per heavy atom. The van der Waals surface area contributed by atoms with Gasteiger partial charge < -0.3 is 4.74 Å². The second-order valence-corrected chi connectivity index (χ2v) is 11.2. The van der Waals surface area contributed by atoms with E-state index in [9.17, 15) is 17.6 Å². The van der Waals surface area contributed by atoms with Crippen LogP contribution in [0.2, 0.25) is 0 Å². The fraction of sp³-hybridized carbons (Fsp3) is 0.613. The molecule has 2 aromatic carbocycles. The van der Waals surface area contributed by atoms with Gasteiger partial charge in [-0.2, -0.15) is 8.78 Å². The van der Waals surface area contributed by atoms with E-state index in [1.54, 1.807) is 0 Å². The van der Waals surface area contributed by atoms with Crippen LogP contribution in [-0.4, -0.2) is 6.61 Å². The van der Waals surface area contributed by atoms with Gasteiger partial charge in [0.05, 0.1) is 12.2 Å². The molecule has 36 heavy (non-hydrogen) atoms. The zero-order chi connectivity index (χ0) is 25.7. The molecule has 1 nitrogen and oxygen atoms in total. The Hall–Kier alpha value is -1.88. The summed E-state index contributed by atoms with van der Waals surface area (Å²) in [6, 6.07) is 10.4. The van der Waals surface area contributed by atoms with Gasteiger partial charge in [-0.3, -0.25) is 0 Å². The van der Waals surface area contributed by atoms with Gasteiger partial charge in [0.1, 0.15) is 0 Å². The fourth-order valence-electron chi connectivity index (χ4n) is 6.20. The van der Waals surface area contributed by atoms with Gasteiger partial charge >= 0.3 is 6.11 Å². The molecule has 0 aromatic heterocycles. The third-order valence-corrected chi connectivity index (χ3v) is 8.55. The Morgan fingerprint density at radius 3 is 2.08 bits per heavy atom. The second-order valence-electron chi connectivity index (χ2n) is 11.2. The van der Waals surface area contributed by atoms with Crippen molar-refractivity contribution < 1.29 is 22.3 Å². The van der Waals surface area contributed by atoms with Gasteiger partial charge in [-0.25, -0.2) is 8.78 Å². The molecule has 0 N–H and O–H groups in total. The molecule has 0 radical (unpaired) electrons. The van der Waals surface area contributed by atoms with Crippen LogP contribution < -0.4 is 0 Å². The summed E-state index contributed by atoms with van der Waals surface area (Å²) in [5.41, 5.74) is 1.38. The molecule has 5 heteroatoms. The predicted molar refractivity (Wildman–Crippen MR) is 136 cm³/mol. The van der Waals surface area contributed by atoms with Crippen LogP contribution in [0.1, 0.15) is 112 Å². The molecule has 2 saturated carbocycles. The summed E-state index contributed by atoms with van der Waals surface area (Å²) < 4.78 is 63.9. The predicted octanol–water partition coefficient (Wildman–Crippen LogP) is 9.64. The van der Waals surface area contributed by atoms with Crippen LogP contribution in [0.15, 0.2) is 36.4 Å². The first kappa shape index (κ1) is 27.2. The van der Waals surface area contributed by atoms with E-state index < -0.39 is 23.3 Å². The van der Waals surface area contributed by atoms with Crippen molar-refractivity contribution in [1.29, 1.82) is 0 Å². The van der Waals surface area contributed by atoms with E-state index in [0.717, 1.165) is 56.1 Å². The number of rotatable bonds is 9. The van der Waals surface area contributed by atoms with Crippen molar-refractivity contribution in [2.45, 2.75) is 102 Å². The van der Waals surface area contributed by atoms with Crippen LogP contribution in [0, 0.1) is 23.5 Å².